The van der Waals surface area contributed by atoms with E-state index >= 15 is 0 Å². The van der Waals surface area contributed by atoms with Crippen molar-refractivity contribution in [2.24, 2.45) is 10.9 Å². The summed E-state index contributed by atoms with van der Waals surface area (Å²) in [6.07, 6.45) is 0. The maximum atomic E-state index is 11.0. The van der Waals surface area contributed by atoms with Gasteiger partial charge in [-0.1, -0.05) is 15.9 Å². The molecular formula is C7H7BrN2O2S. The van der Waals surface area contributed by atoms with Crippen molar-refractivity contribution >= 4 is 32.8 Å². The normalized spacial score (nSPS) is 12.5. The van der Waals surface area contributed by atoms with E-state index in [0.29, 0.717) is 4.47 Å². The Balaban J connectivity index is 3.35. The summed E-state index contributed by atoms with van der Waals surface area (Å²) in [4.78, 5) is 11.1. The highest BCUT2D eigenvalue weighted by Gasteiger charge is 2.11. The zero-order valence-electron chi connectivity index (χ0n) is 6.49. The van der Waals surface area contributed by atoms with Crippen molar-refractivity contribution < 1.29 is 9.00 Å². The molecule has 0 radical (unpaired) electrons. The van der Waals surface area contributed by atoms with Gasteiger partial charge in [-0.05, 0) is 18.2 Å². The third-order valence-corrected chi connectivity index (χ3v) is 2.69. The Labute approximate surface area is 86.0 Å². The number of nitrogens with two attached hydrogens (primary N) is 2. The summed E-state index contributed by atoms with van der Waals surface area (Å²) in [5, 5.41) is 5.16. The number of hydrogen-bond donors (Lipinski definition) is 2. The summed E-state index contributed by atoms with van der Waals surface area (Å²) in [6, 6.07) is 4.62. The average molecular weight is 263 g/mol. The third-order valence-electron chi connectivity index (χ3n) is 1.43. The molecule has 1 atom stereocenters. The monoisotopic (exact) mass is 262 g/mol. The lowest BCUT2D eigenvalue weighted by molar-refractivity contribution is 0.0997. The molecule has 0 spiro atoms. The van der Waals surface area contributed by atoms with Crippen molar-refractivity contribution in [2.45, 2.75) is 4.90 Å². The van der Waals surface area contributed by atoms with Gasteiger partial charge >= 0.3 is 0 Å². The van der Waals surface area contributed by atoms with Gasteiger partial charge < -0.3 is 5.73 Å². The van der Waals surface area contributed by atoms with Crippen molar-refractivity contribution in [3.8, 4) is 0 Å². The Morgan fingerprint density at radius 1 is 1.46 bits per heavy atom. The molecule has 0 fully saturated rings. The lowest BCUT2D eigenvalue weighted by atomic mass is 10.2. The number of rotatable bonds is 2. The molecule has 0 aliphatic heterocycles. The standard InChI is InChI=1S/C7H7BrN2O2S/c8-4-1-2-5(7(9)11)6(3-4)13(10)12/h1-3H,10H2,(H2,9,11). The van der Waals surface area contributed by atoms with E-state index in [0.717, 1.165) is 0 Å². The predicted molar refractivity (Wildman–Crippen MR) is 53.3 cm³/mol. The number of carbonyl (C=O) groups is 1. The molecular weight excluding hydrogens is 256 g/mol. The van der Waals surface area contributed by atoms with Gasteiger partial charge in [0.1, 0.15) is 11.0 Å². The first-order valence-electron chi connectivity index (χ1n) is 3.28. The fraction of sp³-hybridized carbons (Fsp3) is 0. The Bertz CT molecular complexity index is 381. The summed E-state index contributed by atoms with van der Waals surface area (Å²) in [5.41, 5.74) is 5.24. The summed E-state index contributed by atoms with van der Waals surface area (Å²) in [7, 11) is -1.70. The molecule has 1 amide bonds. The molecule has 70 valence electrons. The first kappa shape index (κ1) is 10.4. The van der Waals surface area contributed by atoms with E-state index in [1.165, 1.54) is 12.1 Å². The molecule has 0 saturated carbocycles. The lowest BCUT2D eigenvalue weighted by Gasteiger charge is -2.02. The summed E-state index contributed by atoms with van der Waals surface area (Å²) < 4.78 is 11.7. The molecule has 13 heavy (non-hydrogen) atoms. The number of hydrogen-bond acceptors (Lipinski definition) is 2. The second-order valence-electron chi connectivity index (χ2n) is 2.30. The van der Waals surface area contributed by atoms with E-state index in [2.05, 4.69) is 15.9 Å². The molecule has 1 rings (SSSR count). The summed E-state index contributed by atoms with van der Waals surface area (Å²) >= 11 is 3.17. The van der Waals surface area contributed by atoms with Crippen molar-refractivity contribution in [3.05, 3.63) is 28.2 Å². The second-order valence-corrected chi connectivity index (χ2v) is 4.25. The van der Waals surface area contributed by atoms with E-state index in [-0.39, 0.29) is 10.5 Å². The van der Waals surface area contributed by atoms with E-state index in [1.54, 1.807) is 6.07 Å². The minimum absolute atomic E-state index is 0.184. The molecule has 0 aliphatic carbocycles. The predicted octanol–water partition coefficient (Wildman–Crippen LogP) is 0.529. The van der Waals surface area contributed by atoms with Crippen LogP contribution in [-0.4, -0.2) is 10.1 Å². The number of benzene rings is 1. The smallest absolute Gasteiger partial charge is 0.249 e. The maximum Gasteiger partial charge on any atom is 0.249 e. The van der Waals surface area contributed by atoms with Crippen LogP contribution in [0.2, 0.25) is 0 Å². The van der Waals surface area contributed by atoms with E-state index in [4.69, 9.17) is 10.9 Å². The quantitative estimate of drug-likeness (QED) is 0.815. The zero-order valence-corrected chi connectivity index (χ0v) is 8.89. The highest BCUT2D eigenvalue weighted by atomic mass is 79.9. The van der Waals surface area contributed by atoms with Crippen LogP contribution in [0.4, 0.5) is 0 Å². The Hall–Kier alpha value is -0.720. The zero-order chi connectivity index (χ0) is 10.0. The van der Waals surface area contributed by atoms with Crippen LogP contribution in [0.5, 0.6) is 0 Å². The van der Waals surface area contributed by atoms with E-state index < -0.39 is 16.9 Å². The Morgan fingerprint density at radius 3 is 2.54 bits per heavy atom. The highest BCUT2D eigenvalue weighted by molar-refractivity contribution is 9.10. The van der Waals surface area contributed by atoms with Gasteiger partial charge in [0, 0.05) is 4.47 Å². The summed E-state index contributed by atoms with van der Waals surface area (Å²) in [6.45, 7) is 0. The fourth-order valence-corrected chi connectivity index (χ4v) is 2.01. The highest BCUT2D eigenvalue weighted by Crippen LogP contribution is 2.17. The van der Waals surface area contributed by atoms with Gasteiger partial charge in [-0.25, -0.2) is 9.35 Å². The van der Waals surface area contributed by atoms with Gasteiger partial charge in [-0.15, -0.1) is 0 Å². The molecule has 1 unspecified atom stereocenters. The van der Waals surface area contributed by atoms with E-state index in [1.807, 2.05) is 0 Å². The first-order valence-corrected chi connectivity index (χ1v) is 5.28. The first-order chi connectivity index (χ1) is 6.02. The molecule has 1 aromatic rings. The van der Waals surface area contributed by atoms with Crippen LogP contribution in [0.15, 0.2) is 27.6 Å². The van der Waals surface area contributed by atoms with Gasteiger partial charge in [0.15, 0.2) is 0 Å². The third kappa shape index (κ3) is 2.36. The van der Waals surface area contributed by atoms with Crippen LogP contribution >= 0.6 is 15.9 Å². The largest absolute Gasteiger partial charge is 0.366 e. The Morgan fingerprint density at radius 2 is 2.08 bits per heavy atom. The number of carbonyl (C=O) groups excluding carboxylic acids is 1. The van der Waals surface area contributed by atoms with Crippen LogP contribution in [-0.2, 0) is 11.0 Å². The summed E-state index contributed by atoms with van der Waals surface area (Å²) in [5.74, 6) is -0.638. The number of halogens is 1. The fourth-order valence-electron chi connectivity index (χ4n) is 0.866. The van der Waals surface area contributed by atoms with Gasteiger partial charge in [-0.2, -0.15) is 0 Å². The molecule has 6 heteroatoms. The van der Waals surface area contributed by atoms with Crippen LogP contribution in [0.1, 0.15) is 10.4 Å². The minimum Gasteiger partial charge on any atom is -0.366 e. The van der Waals surface area contributed by atoms with Gasteiger partial charge in [0.2, 0.25) is 5.91 Å². The van der Waals surface area contributed by atoms with Crippen LogP contribution in [0.25, 0.3) is 0 Å². The van der Waals surface area contributed by atoms with Crippen LogP contribution in [0.3, 0.4) is 0 Å². The van der Waals surface area contributed by atoms with E-state index in [9.17, 15) is 9.00 Å². The average Bonchev–Trinajstić information content (AvgIpc) is 2.03. The minimum atomic E-state index is -1.70. The lowest BCUT2D eigenvalue weighted by Crippen LogP contribution is -2.16. The van der Waals surface area contributed by atoms with Crippen molar-refractivity contribution in [2.75, 3.05) is 0 Å². The molecule has 0 aromatic heterocycles. The topological polar surface area (TPSA) is 86.2 Å². The molecule has 4 N–H and O–H groups in total. The van der Waals surface area contributed by atoms with Gasteiger partial charge in [0.05, 0.1) is 10.5 Å². The number of amides is 1. The van der Waals surface area contributed by atoms with Crippen LogP contribution < -0.4 is 10.9 Å². The molecule has 0 bridgehead atoms. The van der Waals surface area contributed by atoms with Gasteiger partial charge in [-0.3, -0.25) is 4.79 Å². The van der Waals surface area contributed by atoms with Gasteiger partial charge in [0.25, 0.3) is 0 Å². The number of primary amides is 1. The molecule has 4 nitrogen and oxygen atoms in total. The molecule has 0 aliphatic rings. The van der Waals surface area contributed by atoms with Crippen molar-refractivity contribution in [1.29, 1.82) is 0 Å². The molecule has 1 aromatic carbocycles. The maximum absolute atomic E-state index is 11.0. The van der Waals surface area contributed by atoms with Crippen LogP contribution in [0, 0.1) is 0 Å². The molecule has 0 heterocycles. The Kier molecular flexibility index (Phi) is 3.18. The molecule has 0 saturated heterocycles. The van der Waals surface area contributed by atoms with Crippen molar-refractivity contribution in [3.63, 3.8) is 0 Å². The SMILES string of the molecule is NC(=O)c1ccc(Br)cc1S(N)=O. The van der Waals surface area contributed by atoms with Crippen molar-refractivity contribution in [1.82, 2.24) is 0 Å². The second kappa shape index (κ2) is 3.99.